The fourth-order valence-corrected chi connectivity index (χ4v) is 1.67. The summed E-state index contributed by atoms with van der Waals surface area (Å²) in [5.41, 5.74) is -0.243. The Hall–Kier alpha value is -1.74. The number of furan rings is 1. The minimum Gasteiger partial charge on any atom is -0.508 e. The van der Waals surface area contributed by atoms with E-state index in [9.17, 15) is 10.2 Å². The predicted octanol–water partition coefficient (Wildman–Crippen LogP) is 2.44. The molecule has 2 N–H and O–H groups in total. The number of hydrogen-bond donors (Lipinski definition) is 2. The number of aromatic hydroxyl groups is 1. The van der Waals surface area contributed by atoms with E-state index in [1.165, 1.54) is 0 Å². The van der Waals surface area contributed by atoms with Crippen molar-refractivity contribution in [2.24, 2.45) is 0 Å². The number of rotatable bonds is 3. The van der Waals surface area contributed by atoms with Gasteiger partial charge < -0.3 is 14.6 Å². The molecule has 0 saturated heterocycles. The summed E-state index contributed by atoms with van der Waals surface area (Å²) >= 11 is 0. The highest BCUT2D eigenvalue weighted by Crippen LogP contribution is 2.26. The van der Waals surface area contributed by atoms with Crippen molar-refractivity contribution < 1.29 is 14.6 Å². The van der Waals surface area contributed by atoms with Crippen molar-refractivity contribution in [2.45, 2.75) is 18.9 Å². The second kappa shape index (κ2) is 4.02. The SMILES string of the molecule is CC(O)(Cc1ccco1)c1ccc(O)cc1. The van der Waals surface area contributed by atoms with Gasteiger partial charge in [0.05, 0.1) is 11.9 Å². The maximum Gasteiger partial charge on any atom is 0.115 e. The van der Waals surface area contributed by atoms with Crippen LogP contribution in [0.4, 0.5) is 0 Å². The summed E-state index contributed by atoms with van der Waals surface area (Å²) in [6.45, 7) is 1.72. The van der Waals surface area contributed by atoms with E-state index in [2.05, 4.69) is 0 Å². The second-order valence-corrected chi connectivity index (χ2v) is 4.08. The van der Waals surface area contributed by atoms with Gasteiger partial charge in [0.1, 0.15) is 11.5 Å². The molecule has 1 unspecified atom stereocenters. The first-order valence-corrected chi connectivity index (χ1v) is 5.12. The van der Waals surface area contributed by atoms with E-state index in [-0.39, 0.29) is 5.75 Å². The molecule has 16 heavy (non-hydrogen) atoms. The molecule has 2 aromatic rings. The largest absolute Gasteiger partial charge is 0.508 e. The van der Waals surface area contributed by atoms with Gasteiger partial charge in [-0.25, -0.2) is 0 Å². The van der Waals surface area contributed by atoms with Crippen molar-refractivity contribution in [1.29, 1.82) is 0 Å². The van der Waals surface area contributed by atoms with Gasteiger partial charge in [0.15, 0.2) is 0 Å². The Labute approximate surface area is 94.0 Å². The van der Waals surface area contributed by atoms with Crippen LogP contribution in [0.3, 0.4) is 0 Å². The molecule has 0 bridgehead atoms. The summed E-state index contributed by atoms with van der Waals surface area (Å²) in [5, 5.41) is 19.5. The van der Waals surface area contributed by atoms with Crippen LogP contribution in [0.1, 0.15) is 18.2 Å². The smallest absolute Gasteiger partial charge is 0.115 e. The average molecular weight is 218 g/mol. The number of aliphatic hydroxyl groups is 1. The summed E-state index contributed by atoms with van der Waals surface area (Å²) < 4.78 is 5.21. The molecular weight excluding hydrogens is 204 g/mol. The highest BCUT2D eigenvalue weighted by molar-refractivity contribution is 5.30. The molecule has 0 saturated carbocycles. The zero-order valence-corrected chi connectivity index (χ0v) is 9.05. The Bertz CT molecular complexity index is 441. The van der Waals surface area contributed by atoms with Crippen LogP contribution in [0, 0.1) is 0 Å². The third kappa shape index (κ3) is 2.25. The highest BCUT2D eigenvalue weighted by Gasteiger charge is 2.24. The Kier molecular flexibility index (Phi) is 2.71. The zero-order chi connectivity index (χ0) is 11.6. The lowest BCUT2D eigenvalue weighted by Gasteiger charge is -2.22. The molecular formula is C13H14O3. The molecule has 1 aromatic heterocycles. The van der Waals surface area contributed by atoms with Gasteiger partial charge in [-0.05, 0) is 36.8 Å². The summed E-state index contributed by atoms with van der Waals surface area (Å²) in [6.07, 6.45) is 1.99. The quantitative estimate of drug-likeness (QED) is 0.831. The van der Waals surface area contributed by atoms with Crippen LogP contribution in [0.15, 0.2) is 47.1 Å². The van der Waals surface area contributed by atoms with Gasteiger partial charge in [0, 0.05) is 6.42 Å². The fourth-order valence-electron chi connectivity index (χ4n) is 1.67. The first kappa shape index (κ1) is 10.8. The molecule has 1 aromatic carbocycles. The van der Waals surface area contributed by atoms with Gasteiger partial charge in [-0.2, -0.15) is 0 Å². The second-order valence-electron chi connectivity index (χ2n) is 4.08. The van der Waals surface area contributed by atoms with Gasteiger partial charge in [-0.15, -0.1) is 0 Å². The summed E-state index contributed by atoms with van der Waals surface area (Å²) in [6, 6.07) is 10.2. The monoisotopic (exact) mass is 218 g/mol. The number of benzene rings is 1. The molecule has 0 aliphatic carbocycles. The Balaban J connectivity index is 2.21. The lowest BCUT2D eigenvalue weighted by Crippen LogP contribution is -2.23. The standard InChI is InChI=1S/C13H14O3/c1-13(15,9-12-3-2-8-16-12)10-4-6-11(14)7-5-10/h2-8,14-15H,9H2,1H3. The van der Waals surface area contributed by atoms with Gasteiger partial charge in [-0.1, -0.05) is 12.1 Å². The molecule has 84 valence electrons. The number of phenolic OH excluding ortho intramolecular Hbond substituents is 1. The molecule has 1 atom stereocenters. The van der Waals surface area contributed by atoms with E-state index < -0.39 is 5.60 Å². The van der Waals surface area contributed by atoms with E-state index in [4.69, 9.17) is 4.42 Å². The summed E-state index contributed by atoms with van der Waals surface area (Å²) in [4.78, 5) is 0. The van der Waals surface area contributed by atoms with E-state index in [1.807, 2.05) is 6.07 Å². The molecule has 0 aliphatic heterocycles. The van der Waals surface area contributed by atoms with Crippen molar-refractivity contribution in [3.63, 3.8) is 0 Å². The van der Waals surface area contributed by atoms with Crippen molar-refractivity contribution in [2.75, 3.05) is 0 Å². The third-order valence-electron chi connectivity index (χ3n) is 2.59. The molecule has 0 amide bonds. The molecule has 3 nitrogen and oxygen atoms in total. The maximum atomic E-state index is 10.3. The van der Waals surface area contributed by atoms with Crippen LogP contribution in [0.2, 0.25) is 0 Å². The first-order valence-electron chi connectivity index (χ1n) is 5.12. The average Bonchev–Trinajstić information content (AvgIpc) is 2.70. The number of hydrogen-bond acceptors (Lipinski definition) is 3. The minimum absolute atomic E-state index is 0.192. The van der Waals surface area contributed by atoms with Crippen LogP contribution >= 0.6 is 0 Å². The minimum atomic E-state index is -0.994. The van der Waals surface area contributed by atoms with Gasteiger partial charge >= 0.3 is 0 Å². The Morgan fingerprint density at radius 2 is 1.88 bits per heavy atom. The van der Waals surface area contributed by atoms with Crippen molar-refractivity contribution in [1.82, 2.24) is 0 Å². The molecule has 0 aliphatic rings. The Morgan fingerprint density at radius 1 is 1.19 bits per heavy atom. The van der Waals surface area contributed by atoms with Crippen molar-refractivity contribution >= 4 is 0 Å². The maximum absolute atomic E-state index is 10.3. The third-order valence-corrected chi connectivity index (χ3v) is 2.59. The van der Waals surface area contributed by atoms with Crippen LogP contribution in [0.5, 0.6) is 5.75 Å². The van der Waals surface area contributed by atoms with Crippen LogP contribution < -0.4 is 0 Å². The molecule has 2 rings (SSSR count). The lowest BCUT2D eigenvalue weighted by molar-refractivity contribution is 0.0521. The normalized spacial score (nSPS) is 14.6. The molecule has 0 spiro atoms. The summed E-state index contributed by atoms with van der Waals surface area (Å²) in [7, 11) is 0. The van der Waals surface area contributed by atoms with Crippen LogP contribution in [0.25, 0.3) is 0 Å². The lowest BCUT2D eigenvalue weighted by atomic mass is 9.91. The fraction of sp³-hybridized carbons (Fsp3) is 0.231. The first-order chi connectivity index (χ1) is 7.58. The van der Waals surface area contributed by atoms with Crippen molar-refractivity contribution in [3.05, 3.63) is 54.0 Å². The molecule has 1 heterocycles. The van der Waals surface area contributed by atoms with E-state index in [0.29, 0.717) is 6.42 Å². The van der Waals surface area contributed by atoms with Gasteiger partial charge in [0.2, 0.25) is 0 Å². The van der Waals surface area contributed by atoms with Crippen LogP contribution in [-0.4, -0.2) is 10.2 Å². The van der Waals surface area contributed by atoms with E-state index in [0.717, 1.165) is 11.3 Å². The topological polar surface area (TPSA) is 53.6 Å². The Morgan fingerprint density at radius 3 is 2.44 bits per heavy atom. The van der Waals surface area contributed by atoms with Gasteiger partial charge in [-0.3, -0.25) is 0 Å². The molecule has 0 fully saturated rings. The molecule has 3 heteroatoms. The van der Waals surface area contributed by atoms with E-state index in [1.54, 1.807) is 43.5 Å². The van der Waals surface area contributed by atoms with Crippen molar-refractivity contribution in [3.8, 4) is 5.75 Å². The highest BCUT2D eigenvalue weighted by atomic mass is 16.3. The van der Waals surface area contributed by atoms with Gasteiger partial charge in [0.25, 0.3) is 0 Å². The predicted molar refractivity (Wildman–Crippen MR) is 60.1 cm³/mol. The number of phenols is 1. The van der Waals surface area contributed by atoms with E-state index >= 15 is 0 Å². The summed E-state index contributed by atoms with van der Waals surface area (Å²) in [5.74, 6) is 0.927. The molecule has 0 radical (unpaired) electrons. The van der Waals surface area contributed by atoms with Crippen LogP contribution in [-0.2, 0) is 12.0 Å². The zero-order valence-electron chi connectivity index (χ0n) is 9.05.